The molecular formula is C18H30N2. The SMILES string of the molecule is CNC1CCC(C)(C)CC1CN(C)c1ccc(C)cc1. The van der Waals surface area contributed by atoms with E-state index in [-0.39, 0.29) is 0 Å². The third-order valence-electron chi connectivity index (χ3n) is 4.87. The van der Waals surface area contributed by atoms with Crippen molar-refractivity contribution in [3.05, 3.63) is 29.8 Å². The van der Waals surface area contributed by atoms with Gasteiger partial charge < -0.3 is 10.2 Å². The highest BCUT2D eigenvalue weighted by atomic mass is 15.1. The third-order valence-corrected chi connectivity index (χ3v) is 4.87. The monoisotopic (exact) mass is 274 g/mol. The summed E-state index contributed by atoms with van der Waals surface area (Å²) in [5.41, 5.74) is 3.15. The van der Waals surface area contributed by atoms with Crippen LogP contribution in [0.25, 0.3) is 0 Å². The Kier molecular flexibility index (Phi) is 4.74. The molecule has 0 radical (unpaired) electrons. The molecule has 0 bridgehead atoms. The van der Waals surface area contributed by atoms with Crippen LogP contribution in [-0.2, 0) is 0 Å². The van der Waals surface area contributed by atoms with Gasteiger partial charge in [0.15, 0.2) is 0 Å². The summed E-state index contributed by atoms with van der Waals surface area (Å²) in [4.78, 5) is 2.41. The lowest BCUT2D eigenvalue weighted by molar-refractivity contribution is 0.146. The van der Waals surface area contributed by atoms with Gasteiger partial charge in [0.2, 0.25) is 0 Å². The summed E-state index contributed by atoms with van der Waals surface area (Å²) in [6.45, 7) is 8.11. The molecule has 112 valence electrons. The molecule has 0 aromatic heterocycles. The molecule has 1 saturated carbocycles. The number of rotatable bonds is 4. The van der Waals surface area contributed by atoms with E-state index in [1.165, 1.54) is 30.5 Å². The molecular weight excluding hydrogens is 244 g/mol. The Hall–Kier alpha value is -1.02. The number of nitrogens with one attached hydrogen (secondary N) is 1. The minimum absolute atomic E-state index is 0.492. The maximum absolute atomic E-state index is 3.53. The number of benzene rings is 1. The third kappa shape index (κ3) is 3.76. The first-order chi connectivity index (χ1) is 9.41. The molecule has 1 aromatic carbocycles. The molecule has 1 aromatic rings. The van der Waals surface area contributed by atoms with Gasteiger partial charge in [0.1, 0.15) is 0 Å². The zero-order valence-electron chi connectivity index (χ0n) is 13.7. The number of nitrogens with zero attached hydrogens (tertiary/aromatic N) is 1. The topological polar surface area (TPSA) is 15.3 Å². The first kappa shape index (κ1) is 15.4. The Bertz CT molecular complexity index is 422. The zero-order valence-corrected chi connectivity index (χ0v) is 13.7. The van der Waals surface area contributed by atoms with Gasteiger partial charge in [-0.05, 0) is 56.7 Å². The Morgan fingerprint density at radius 3 is 2.50 bits per heavy atom. The van der Waals surface area contributed by atoms with Crippen LogP contribution in [0.2, 0.25) is 0 Å². The number of hydrogen-bond acceptors (Lipinski definition) is 2. The molecule has 1 N–H and O–H groups in total. The molecule has 1 aliphatic rings. The summed E-state index contributed by atoms with van der Waals surface area (Å²) in [6.07, 6.45) is 3.95. The van der Waals surface area contributed by atoms with Crippen LogP contribution in [0.15, 0.2) is 24.3 Å². The molecule has 0 saturated heterocycles. The highest BCUT2D eigenvalue weighted by Crippen LogP contribution is 2.39. The van der Waals surface area contributed by atoms with Crippen LogP contribution in [-0.4, -0.2) is 26.7 Å². The van der Waals surface area contributed by atoms with Crippen molar-refractivity contribution in [1.82, 2.24) is 5.32 Å². The normalized spacial score (nSPS) is 25.4. The fourth-order valence-corrected chi connectivity index (χ4v) is 3.56. The molecule has 0 amide bonds. The predicted molar refractivity (Wildman–Crippen MR) is 88.4 cm³/mol. The molecule has 2 heteroatoms. The lowest BCUT2D eigenvalue weighted by Crippen LogP contribution is -2.45. The van der Waals surface area contributed by atoms with Crippen molar-refractivity contribution in [1.29, 1.82) is 0 Å². The van der Waals surface area contributed by atoms with E-state index in [2.05, 4.69) is 69.3 Å². The number of aryl methyl sites for hydroxylation is 1. The Labute approximate surface area is 124 Å². The van der Waals surface area contributed by atoms with Crippen molar-refractivity contribution < 1.29 is 0 Å². The van der Waals surface area contributed by atoms with E-state index < -0.39 is 0 Å². The summed E-state index contributed by atoms with van der Waals surface area (Å²) in [5, 5.41) is 3.53. The quantitative estimate of drug-likeness (QED) is 0.897. The fourth-order valence-electron chi connectivity index (χ4n) is 3.56. The van der Waals surface area contributed by atoms with Gasteiger partial charge in [-0.1, -0.05) is 31.5 Å². The van der Waals surface area contributed by atoms with Crippen molar-refractivity contribution in [2.24, 2.45) is 11.3 Å². The molecule has 0 heterocycles. The summed E-state index contributed by atoms with van der Waals surface area (Å²) in [5.74, 6) is 0.732. The van der Waals surface area contributed by atoms with Gasteiger partial charge in [0, 0.05) is 25.3 Å². The van der Waals surface area contributed by atoms with Gasteiger partial charge in [-0.25, -0.2) is 0 Å². The van der Waals surface area contributed by atoms with Crippen LogP contribution in [0.5, 0.6) is 0 Å². The summed E-state index contributed by atoms with van der Waals surface area (Å²) >= 11 is 0. The van der Waals surface area contributed by atoms with Crippen molar-refractivity contribution in [2.45, 2.75) is 46.1 Å². The van der Waals surface area contributed by atoms with Gasteiger partial charge >= 0.3 is 0 Å². The number of anilines is 1. The van der Waals surface area contributed by atoms with Crippen LogP contribution in [0.1, 0.15) is 38.7 Å². The Morgan fingerprint density at radius 1 is 1.25 bits per heavy atom. The molecule has 2 unspecified atom stereocenters. The second kappa shape index (κ2) is 6.17. The summed E-state index contributed by atoms with van der Waals surface area (Å²) in [7, 11) is 4.33. The molecule has 2 atom stereocenters. The summed E-state index contributed by atoms with van der Waals surface area (Å²) < 4.78 is 0. The highest BCUT2D eigenvalue weighted by molar-refractivity contribution is 5.46. The van der Waals surface area contributed by atoms with Crippen LogP contribution in [0.4, 0.5) is 5.69 Å². The molecule has 1 aliphatic carbocycles. The van der Waals surface area contributed by atoms with Crippen molar-refractivity contribution in [3.8, 4) is 0 Å². The van der Waals surface area contributed by atoms with Crippen molar-refractivity contribution in [2.75, 3.05) is 25.5 Å². The zero-order chi connectivity index (χ0) is 14.8. The van der Waals surface area contributed by atoms with E-state index >= 15 is 0 Å². The van der Waals surface area contributed by atoms with Crippen molar-refractivity contribution >= 4 is 5.69 Å². The van der Waals surface area contributed by atoms with E-state index in [9.17, 15) is 0 Å². The van der Waals surface area contributed by atoms with Gasteiger partial charge in [-0.15, -0.1) is 0 Å². The second-order valence-electron chi connectivity index (χ2n) is 7.28. The van der Waals surface area contributed by atoms with Crippen LogP contribution in [0, 0.1) is 18.3 Å². The van der Waals surface area contributed by atoms with Crippen LogP contribution < -0.4 is 10.2 Å². The van der Waals surface area contributed by atoms with Gasteiger partial charge in [-0.2, -0.15) is 0 Å². The van der Waals surface area contributed by atoms with E-state index in [0.29, 0.717) is 11.5 Å². The maximum Gasteiger partial charge on any atom is 0.0363 e. The number of hydrogen-bond donors (Lipinski definition) is 1. The largest absolute Gasteiger partial charge is 0.374 e. The van der Waals surface area contributed by atoms with E-state index in [1.54, 1.807) is 0 Å². The maximum atomic E-state index is 3.53. The van der Waals surface area contributed by atoms with Gasteiger partial charge in [0.25, 0.3) is 0 Å². The predicted octanol–water partition coefficient (Wildman–Crippen LogP) is 3.85. The van der Waals surface area contributed by atoms with Crippen LogP contribution in [0.3, 0.4) is 0 Å². The van der Waals surface area contributed by atoms with E-state index in [1.807, 2.05) is 0 Å². The molecule has 20 heavy (non-hydrogen) atoms. The van der Waals surface area contributed by atoms with E-state index in [4.69, 9.17) is 0 Å². The lowest BCUT2D eigenvalue weighted by Gasteiger charge is -2.42. The molecule has 2 nitrogen and oxygen atoms in total. The fraction of sp³-hybridized carbons (Fsp3) is 0.667. The average Bonchev–Trinajstić information content (AvgIpc) is 2.38. The Morgan fingerprint density at radius 2 is 1.90 bits per heavy atom. The smallest absolute Gasteiger partial charge is 0.0363 e. The molecule has 0 spiro atoms. The van der Waals surface area contributed by atoms with Crippen LogP contribution >= 0.6 is 0 Å². The molecule has 0 aliphatic heterocycles. The van der Waals surface area contributed by atoms with Crippen molar-refractivity contribution in [3.63, 3.8) is 0 Å². The molecule has 1 fully saturated rings. The first-order valence-corrected chi connectivity index (χ1v) is 7.86. The highest BCUT2D eigenvalue weighted by Gasteiger charge is 2.34. The molecule has 2 rings (SSSR count). The second-order valence-corrected chi connectivity index (χ2v) is 7.28. The van der Waals surface area contributed by atoms with Gasteiger partial charge in [-0.3, -0.25) is 0 Å². The lowest BCUT2D eigenvalue weighted by atomic mass is 9.69. The van der Waals surface area contributed by atoms with Gasteiger partial charge in [0.05, 0.1) is 0 Å². The van der Waals surface area contributed by atoms with E-state index in [0.717, 1.165) is 12.5 Å². The Balaban J connectivity index is 2.04. The summed E-state index contributed by atoms with van der Waals surface area (Å²) in [6, 6.07) is 9.53. The first-order valence-electron chi connectivity index (χ1n) is 7.86. The minimum atomic E-state index is 0.492. The minimum Gasteiger partial charge on any atom is -0.374 e. The standard InChI is InChI=1S/C18H30N2/c1-14-6-8-16(9-7-14)20(5)13-15-12-18(2,3)11-10-17(15)19-4/h6-9,15,17,19H,10-13H2,1-5H3. The average molecular weight is 274 g/mol.